The highest BCUT2D eigenvalue weighted by Gasteiger charge is 2.18. The smallest absolute Gasteiger partial charge is 0.358 e. The summed E-state index contributed by atoms with van der Waals surface area (Å²) in [4.78, 5) is 11.6. The summed E-state index contributed by atoms with van der Waals surface area (Å²) in [6.07, 6.45) is 6.59. The van der Waals surface area contributed by atoms with Crippen LogP contribution in [0.15, 0.2) is 6.07 Å². The zero-order valence-electron chi connectivity index (χ0n) is 11.3. The molecule has 0 N–H and O–H groups in total. The number of carbonyl (C=O) groups is 1. The lowest BCUT2D eigenvalue weighted by atomic mass is 9.89. The highest BCUT2D eigenvalue weighted by Crippen LogP contribution is 2.25. The quantitative estimate of drug-likeness (QED) is 0.772. The van der Waals surface area contributed by atoms with E-state index in [1.54, 1.807) is 0 Å². The molecule has 2 rings (SSSR count). The Morgan fingerprint density at radius 3 is 2.83 bits per heavy atom. The van der Waals surface area contributed by atoms with E-state index in [1.165, 1.54) is 32.1 Å². The number of aryl methyl sites for hydroxylation is 1. The van der Waals surface area contributed by atoms with Gasteiger partial charge in [-0.05, 0) is 38.7 Å². The maximum atomic E-state index is 11.6. The van der Waals surface area contributed by atoms with Gasteiger partial charge in [-0.15, -0.1) is 0 Å². The third-order valence-corrected chi connectivity index (χ3v) is 3.62. The molecule has 0 amide bonds. The van der Waals surface area contributed by atoms with E-state index in [2.05, 4.69) is 5.10 Å². The zero-order chi connectivity index (χ0) is 13.0. The second kappa shape index (κ2) is 6.03. The minimum Gasteiger partial charge on any atom is -0.461 e. The minimum absolute atomic E-state index is 0.317. The van der Waals surface area contributed by atoms with Gasteiger partial charge in [0.2, 0.25) is 0 Å². The van der Waals surface area contributed by atoms with Crippen LogP contribution in [0.2, 0.25) is 0 Å². The van der Waals surface area contributed by atoms with Crippen molar-refractivity contribution >= 4 is 5.97 Å². The van der Waals surface area contributed by atoms with E-state index in [0.717, 1.165) is 12.2 Å². The van der Waals surface area contributed by atoms with Gasteiger partial charge in [0.25, 0.3) is 0 Å². The van der Waals surface area contributed by atoms with Crippen molar-refractivity contribution in [1.29, 1.82) is 0 Å². The average Bonchev–Trinajstić information content (AvgIpc) is 2.73. The van der Waals surface area contributed by atoms with Gasteiger partial charge >= 0.3 is 5.97 Å². The summed E-state index contributed by atoms with van der Waals surface area (Å²) in [5.74, 6) is 0.399. The van der Waals surface area contributed by atoms with Gasteiger partial charge in [-0.1, -0.05) is 19.3 Å². The predicted octanol–water partition coefficient (Wildman–Crippen LogP) is 2.95. The third-order valence-electron chi connectivity index (χ3n) is 3.62. The monoisotopic (exact) mass is 250 g/mol. The lowest BCUT2D eigenvalue weighted by molar-refractivity contribution is 0.0518. The van der Waals surface area contributed by atoms with Crippen LogP contribution in [0.25, 0.3) is 0 Å². The van der Waals surface area contributed by atoms with Crippen molar-refractivity contribution in [1.82, 2.24) is 9.78 Å². The molecule has 1 aromatic heterocycles. The molecule has 1 aromatic rings. The van der Waals surface area contributed by atoms with Crippen LogP contribution in [-0.4, -0.2) is 22.4 Å². The molecule has 1 saturated carbocycles. The topological polar surface area (TPSA) is 44.1 Å². The lowest BCUT2D eigenvalue weighted by Gasteiger charge is -2.21. The molecular formula is C14H22N2O2. The van der Waals surface area contributed by atoms with Crippen molar-refractivity contribution in [3.05, 3.63) is 17.5 Å². The van der Waals surface area contributed by atoms with E-state index in [4.69, 9.17) is 4.74 Å². The fourth-order valence-corrected chi connectivity index (χ4v) is 2.61. The van der Waals surface area contributed by atoms with E-state index in [1.807, 2.05) is 24.6 Å². The van der Waals surface area contributed by atoms with Gasteiger partial charge in [0.1, 0.15) is 0 Å². The van der Waals surface area contributed by atoms with Gasteiger partial charge in [0.05, 0.1) is 6.61 Å². The number of nitrogens with zero attached hydrogens (tertiary/aromatic N) is 2. The summed E-state index contributed by atoms with van der Waals surface area (Å²) in [5.41, 5.74) is 1.48. The average molecular weight is 250 g/mol. The first-order valence-corrected chi connectivity index (χ1v) is 6.92. The summed E-state index contributed by atoms with van der Waals surface area (Å²) in [6.45, 7) is 5.14. The Morgan fingerprint density at radius 1 is 1.44 bits per heavy atom. The molecule has 0 aromatic carbocycles. The molecule has 1 fully saturated rings. The van der Waals surface area contributed by atoms with Gasteiger partial charge in [-0.3, -0.25) is 4.68 Å². The second-order valence-corrected chi connectivity index (χ2v) is 5.08. The summed E-state index contributed by atoms with van der Waals surface area (Å²) < 4.78 is 6.93. The van der Waals surface area contributed by atoms with E-state index < -0.39 is 0 Å². The van der Waals surface area contributed by atoms with E-state index in [9.17, 15) is 4.79 Å². The van der Waals surface area contributed by atoms with Crippen LogP contribution in [-0.2, 0) is 11.3 Å². The molecule has 100 valence electrons. The maximum absolute atomic E-state index is 11.6. The summed E-state index contributed by atoms with van der Waals surface area (Å²) in [6, 6.07) is 1.82. The molecular weight excluding hydrogens is 228 g/mol. The standard InChI is InChI=1S/C14H22N2O2/c1-3-18-14(17)13-9-11(2)16(15-13)10-12-7-5-4-6-8-12/h9,12H,3-8,10H2,1-2H3. The molecule has 4 heteroatoms. The Balaban J connectivity index is 2.01. The summed E-state index contributed by atoms with van der Waals surface area (Å²) >= 11 is 0. The van der Waals surface area contributed by atoms with Crippen LogP contribution in [0.3, 0.4) is 0 Å². The maximum Gasteiger partial charge on any atom is 0.358 e. The van der Waals surface area contributed by atoms with Crippen LogP contribution >= 0.6 is 0 Å². The normalized spacial score (nSPS) is 16.8. The van der Waals surface area contributed by atoms with E-state index in [-0.39, 0.29) is 5.97 Å². The van der Waals surface area contributed by atoms with Crippen LogP contribution < -0.4 is 0 Å². The molecule has 0 bridgehead atoms. The summed E-state index contributed by atoms with van der Waals surface area (Å²) in [5, 5.41) is 4.36. The largest absolute Gasteiger partial charge is 0.461 e. The lowest BCUT2D eigenvalue weighted by Crippen LogP contribution is -2.16. The molecule has 4 nitrogen and oxygen atoms in total. The summed E-state index contributed by atoms with van der Waals surface area (Å²) in [7, 11) is 0. The van der Waals surface area contributed by atoms with Crippen molar-refractivity contribution in [2.24, 2.45) is 5.92 Å². The Hall–Kier alpha value is -1.32. The van der Waals surface area contributed by atoms with E-state index in [0.29, 0.717) is 18.2 Å². The van der Waals surface area contributed by atoms with Crippen molar-refractivity contribution in [2.75, 3.05) is 6.61 Å². The van der Waals surface area contributed by atoms with E-state index >= 15 is 0 Å². The number of hydrogen-bond donors (Lipinski definition) is 0. The molecule has 0 spiro atoms. The van der Waals surface area contributed by atoms with Crippen LogP contribution in [0.4, 0.5) is 0 Å². The van der Waals surface area contributed by atoms with Gasteiger partial charge < -0.3 is 4.74 Å². The van der Waals surface area contributed by atoms with Crippen LogP contribution in [0.5, 0.6) is 0 Å². The Kier molecular flexibility index (Phi) is 4.39. The molecule has 0 radical (unpaired) electrons. The molecule has 0 atom stereocenters. The zero-order valence-corrected chi connectivity index (χ0v) is 11.3. The first-order valence-electron chi connectivity index (χ1n) is 6.92. The number of carbonyl (C=O) groups excluding carboxylic acids is 1. The van der Waals surface area contributed by atoms with Crippen molar-refractivity contribution < 1.29 is 9.53 Å². The Bertz CT molecular complexity index is 406. The fourth-order valence-electron chi connectivity index (χ4n) is 2.61. The predicted molar refractivity (Wildman–Crippen MR) is 69.5 cm³/mol. The van der Waals surface area contributed by atoms with Crippen molar-refractivity contribution in [2.45, 2.75) is 52.5 Å². The number of ether oxygens (including phenoxy) is 1. The van der Waals surface area contributed by atoms with Gasteiger partial charge in [-0.2, -0.15) is 5.10 Å². The highest BCUT2D eigenvalue weighted by molar-refractivity contribution is 5.87. The Labute approximate surface area is 108 Å². The number of hydrogen-bond acceptors (Lipinski definition) is 3. The van der Waals surface area contributed by atoms with Crippen molar-refractivity contribution in [3.63, 3.8) is 0 Å². The molecule has 0 unspecified atom stereocenters. The van der Waals surface area contributed by atoms with Gasteiger partial charge in [0.15, 0.2) is 5.69 Å². The highest BCUT2D eigenvalue weighted by atomic mass is 16.5. The van der Waals surface area contributed by atoms with Gasteiger partial charge in [0, 0.05) is 12.2 Å². The van der Waals surface area contributed by atoms with Crippen molar-refractivity contribution in [3.8, 4) is 0 Å². The molecule has 0 aliphatic heterocycles. The molecule has 0 saturated heterocycles. The molecule has 1 heterocycles. The first-order chi connectivity index (χ1) is 8.70. The molecule has 18 heavy (non-hydrogen) atoms. The SMILES string of the molecule is CCOC(=O)c1cc(C)n(CC2CCCCC2)n1. The molecule has 1 aliphatic carbocycles. The molecule has 1 aliphatic rings. The van der Waals surface area contributed by atoms with Crippen LogP contribution in [0.1, 0.15) is 55.2 Å². The second-order valence-electron chi connectivity index (χ2n) is 5.08. The number of rotatable bonds is 4. The fraction of sp³-hybridized carbons (Fsp3) is 0.714. The number of esters is 1. The first kappa shape index (κ1) is 13.1. The Morgan fingerprint density at radius 2 is 2.17 bits per heavy atom. The minimum atomic E-state index is -0.317. The third kappa shape index (κ3) is 3.12. The number of aromatic nitrogens is 2. The van der Waals surface area contributed by atoms with Gasteiger partial charge in [-0.25, -0.2) is 4.79 Å². The van der Waals surface area contributed by atoms with Crippen LogP contribution in [0, 0.1) is 12.8 Å².